The molecule has 37 heavy (non-hydrogen) atoms. The van der Waals surface area contributed by atoms with Gasteiger partial charge in [-0.25, -0.2) is 0 Å². The van der Waals surface area contributed by atoms with Crippen molar-refractivity contribution in [1.29, 1.82) is 0 Å². The van der Waals surface area contributed by atoms with Gasteiger partial charge in [-0.05, 0) is 35.4 Å². The minimum Gasteiger partial charge on any atom is -0.507 e. The fourth-order valence-corrected chi connectivity index (χ4v) is 4.66. The van der Waals surface area contributed by atoms with Crippen molar-refractivity contribution in [3.8, 4) is 28.4 Å². The molecule has 9 heteroatoms. The van der Waals surface area contributed by atoms with Crippen LogP contribution in [0.15, 0.2) is 75.9 Å². The number of likely N-dealkylation sites (N-methyl/N-ethyl adjacent to an activating group) is 1. The molecule has 4 aromatic rings. The Balaban J connectivity index is 1.55. The maximum atomic E-state index is 14.1. The first-order valence-electron chi connectivity index (χ1n) is 12.1. The number of phenols is 1. The molecule has 0 spiro atoms. The lowest BCUT2D eigenvalue weighted by Crippen LogP contribution is -3.26. The number of fused-ring (bicyclic) bond motifs is 1. The summed E-state index contributed by atoms with van der Waals surface area (Å²) in [5.41, 5.74) is 0.769. The van der Waals surface area contributed by atoms with Crippen molar-refractivity contribution in [3.05, 3.63) is 88.3 Å². The molecule has 0 amide bonds. The quantitative estimate of drug-likeness (QED) is 0.385. The lowest BCUT2D eigenvalue weighted by Gasteiger charge is -2.27. The van der Waals surface area contributed by atoms with Crippen molar-refractivity contribution in [1.82, 2.24) is 0 Å². The molecule has 6 nitrogen and oxygen atoms in total. The summed E-state index contributed by atoms with van der Waals surface area (Å²) in [6.45, 7) is 3.63. The van der Waals surface area contributed by atoms with Crippen molar-refractivity contribution in [3.63, 3.8) is 0 Å². The van der Waals surface area contributed by atoms with Gasteiger partial charge in [-0.15, -0.1) is 0 Å². The summed E-state index contributed by atoms with van der Waals surface area (Å²) in [6, 6.07) is 18.5. The van der Waals surface area contributed by atoms with Gasteiger partial charge in [0.1, 0.15) is 44.2 Å². The van der Waals surface area contributed by atoms with Gasteiger partial charge in [0.25, 0.3) is 5.76 Å². The van der Waals surface area contributed by atoms with Gasteiger partial charge in [0.05, 0.1) is 18.0 Å². The second-order valence-corrected chi connectivity index (χ2v) is 9.40. The van der Waals surface area contributed by atoms with E-state index in [9.17, 15) is 23.1 Å². The van der Waals surface area contributed by atoms with E-state index in [-0.39, 0.29) is 34.6 Å². The van der Waals surface area contributed by atoms with Gasteiger partial charge >= 0.3 is 6.18 Å². The molecule has 0 atom stereocenters. The van der Waals surface area contributed by atoms with Crippen LogP contribution in [0.25, 0.3) is 22.1 Å². The van der Waals surface area contributed by atoms with E-state index in [1.165, 1.54) is 29.2 Å². The van der Waals surface area contributed by atoms with Crippen molar-refractivity contribution in [2.24, 2.45) is 0 Å². The van der Waals surface area contributed by atoms with Crippen LogP contribution in [0.1, 0.15) is 11.3 Å². The zero-order valence-electron chi connectivity index (χ0n) is 20.2. The monoisotopic (exact) mass is 512 g/mol. The summed E-state index contributed by atoms with van der Waals surface area (Å²) in [4.78, 5) is 15.8. The van der Waals surface area contributed by atoms with E-state index in [0.717, 1.165) is 42.2 Å². The lowest BCUT2D eigenvalue weighted by atomic mass is 10.1. The lowest BCUT2D eigenvalue weighted by molar-refractivity contribution is -1.01. The maximum Gasteiger partial charge on any atom is 0.453 e. The Hall–Kier alpha value is -3.82. The van der Waals surface area contributed by atoms with Crippen LogP contribution in [-0.4, -0.2) is 38.3 Å². The van der Waals surface area contributed by atoms with Crippen LogP contribution < -0.4 is 20.0 Å². The Morgan fingerprint density at radius 1 is 0.919 bits per heavy atom. The molecule has 2 heterocycles. The second kappa shape index (κ2) is 9.91. The largest absolute Gasteiger partial charge is 0.507 e. The van der Waals surface area contributed by atoms with Gasteiger partial charge in [-0.2, -0.15) is 13.2 Å². The van der Waals surface area contributed by atoms with Crippen LogP contribution in [-0.2, 0) is 12.7 Å². The van der Waals surface area contributed by atoms with E-state index in [4.69, 9.17) is 9.15 Å². The first-order chi connectivity index (χ1) is 17.7. The van der Waals surface area contributed by atoms with Crippen LogP contribution in [0.3, 0.4) is 0 Å². The Labute approximate surface area is 211 Å². The fraction of sp³-hybridized carbons (Fsp3) is 0.250. The van der Waals surface area contributed by atoms with Crippen LogP contribution >= 0.6 is 0 Å². The smallest absolute Gasteiger partial charge is 0.453 e. The van der Waals surface area contributed by atoms with Gasteiger partial charge in [-0.1, -0.05) is 42.5 Å². The van der Waals surface area contributed by atoms with Gasteiger partial charge in [0.15, 0.2) is 5.58 Å². The van der Waals surface area contributed by atoms with Gasteiger partial charge in [-0.3, -0.25) is 4.79 Å². The standard InChI is InChI=1S/C28H25F3N2O4/c1-32-13-15-33(16-14-32)17-22-23(34)12-11-21-24(35)26(27(28(29,30)31)37-25(21)22)36-20-9-7-19(8-10-20)18-5-3-2-4-6-18/h2-12,34H,13-17H2,1H3/p+2. The number of benzene rings is 3. The molecule has 0 saturated carbocycles. The summed E-state index contributed by atoms with van der Waals surface area (Å²) < 4.78 is 53.1. The molecule has 1 aliphatic heterocycles. The Morgan fingerprint density at radius 3 is 2.22 bits per heavy atom. The molecule has 0 unspecified atom stereocenters. The highest BCUT2D eigenvalue weighted by Crippen LogP contribution is 2.40. The number of hydrogen-bond donors (Lipinski definition) is 3. The van der Waals surface area contributed by atoms with E-state index in [0.29, 0.717) is 0 Å². The zero-order chi connectivity index (χ0) is 26.2. The van der Waals surface area contributed by atoms with Crippen molar-refractivity contribution in [2.45, 2.75) is 12.7 Å². The van der Waals surface area contributed by atoms with Crippen LogP contribution in [0.2, 0.25) is 0 Å². The topological polar surface area (TPSA) is 68.5 Å². The summed E-state index contributed by atoms with van der Waals surface area (Å²) >= 11 is 0. The Kier molecular flexibility index (Phi) is 6.66. The van der Waals surface area contributed by atoms with Gasteiger partial charge < -0.3 is 24.1 Å². The van der Waals surface area contributed by atoms with Crippen molar-refractivity contribution in [2.75, 3.05) is 33.2 Å². The number of hydrogen-bond acceptors (Lipinski definition) is 4. The number of ether oxygens (including phenoxy) is 1. The molecule has 1 aromatic heterocycles. The number of alkyl halides is 3. The molecule has 0 aliphatic carbocycles. The van der Waals surface area contributed by atoms with E-state index in [1.54, 1.807) is 12.1 Å². The van der Waals surface area contributed by atoms with Crippen LogP contribution in [0.4, 0.5) is 13.2 Å². The van der Waals surface area contributed by atoms with Gasteiger partial charge in [0, 0.05) is 0 Å². The molecular weight excluding hydrogens is 485 g/mol. The number of aromatic hydroxyl groups is 1. The molecule has 1 fully saturated rings. The summed E-state index contributed by atoms with van der Waals surface area (Å²) in [5.74, 6) is -2.59. The maximum absolute atomic E-state index is 14.1. The van der Waals surface area contributed by atoms with Gasteiger partial charge in [0.2, 0.25) is 11.2 Å². The molecule has 1 saturated heterocycles. The molecule has 192 valence electrons. The minimum atomic E-state index is -4.99. The molecule has 1 aliphatic rings. The molecule has 3 N–H and O–H groups in total. The number of nitrogens with one attached hydrogen (secondary N) is 2. The minimum absolute atomic E-state index is 0.0696. The van der Waals surface area contributed by atoms with E-state index in [1.807, 2.05) is 30.3 Å². The van der Waals surface area contributed by atoms with Crippen LogP contribution in [0.5, 0.6) is 17.2 Å². The zero-order valence-corrected chi connectivity index (χ0v) is 20.2. The Bertz CT molecular complexity index is 1460. The SMILES string of the molecule is C[NH+]1CC[NH+](Cc2c(O)ccc3c(=O)c(Oc4ccc(-c5ccccc5)cc4)c(C(F)(F)F)oc23)CC1. The highest BCUT2D eigenvalue weighted by atomic mass is 19.4. The first kappa shape index (κ1) is 24.9. The third kappa shape index (κ3) is 5.19. The average Bonchev–Trinajstić information content (AvgIpc) is 2.88. The molecular formula is C28H27F3N2O4+2. The summed E-state index contributed by atoms with van der Waals surface area (Å²) in [7, 11) is 2.08. The Morgan fingerprint density at radius 2 is 1.57 bits per heavy atom. The number of halogens is 3. The predicted octanol–water partition coefficient (Wildman–Crippen LogP) is 2.89. The van der Waals surface area contributed by atoms with E-state index < -0.39 is 23.1 Å². The number of piperazine rings is 1. The average molecular weight is 513 g/mol. The second-order valence-electron chi connectivity index (χ2n) is 9.40. The third-order valence-electron chi connectivity index (χ3n) is 6.77. The fourth-order valence-electron chi connectivity index (χ4n) is 4.66. The van der Waals surface area contributed by atoms with Crippen LogP contribution in [0, 0.1) is 0 Å². The van der Waals surface area contributed by atoms with E-state index >= 15 is 0 Å². The first-order valence-corrected chi connectivity index (χ1v) is 12.1. The molecule has 3 aromatic carbocycles. The molecule has 0 bridgehead atoms. The predicted molar refractivity (Wildman–Crippen MR) is 132 cm³/mol. The highest BCUT2D eigenvalue weighted by molar-refractivity contribution is 5.83. The molecule has 0 radical (unpaired) electrons. The number of rotatable bonds is 5. The summed E-state index contributed by atoms with van der Waals surface area (Å²) in [5, 5.41) is 10.4. The molecule has 5 rings (SSSR count). The number of phenolic OH excluding ortho intramolecular Hbond substituents is 1. The number of quaternary nitrogens is 2. The summed E-state index contributed by atoms with van der Waals surface area (Å²) in [6.07, 6.45) is -4.99. The normalized spacial score (nSPS) is 18.2. The van der Waals surface area contributed by atoms with Crippen molar-refractivity contribution >= 4 is 11.0 Å². The highest BCUT2D eigenvalue weighted by Gasteiger charge is 2.41. The van der Waals surface area contributed by atoms with Crippen molar-refractivity contribution < 1.29 is 37.2 Å². The third-order valence-corrected chi connectivity index (χ3v) is 6.77. The van der Waals surface area contributed by atoms with E-state index in [2.05, 4.69) is 7.05 Å².